The van der Waals surface area contributed by atoms with E-state index in [1.54, 1.807) is 0 Å². The van der Waals surface area contributed by atoms with Gasteiger partial charge < -0.3 is 15.4 Å². The van der Waals surface area contributed by atoms with E-state index in [9.17, 15) is 4.79 Å². The molecule has 2 atom stereocenters. The first-order valence-electron chi connectivity index (χ1n) is 5.32. The summed E-state index contributed by atoms with van der Waals surface area (Å²) in [7, 11) is 1.44. The first-order valence-corrected chi connectivity index (χ1v) is 5.32. The number of amides is 1. The van der Waals surface area contributed by atoms with Crippen LogP contribution in [-0.2, 0) is 4.74 Å². The van der Waals surface area contributed by atoms with Crippen LogP contribution >= 0.6 is 0 Å². The molecular weight excluding hydrogens is 180 g/mol. The highest BCUT2D eigenvalue weighted by molar-refractivity contribution is 5.68. The smallest absolute Gasteiger partial charge is 0.409 e. The first-order chi connectivity index (χ1) is 6.77. The van der Waals surface area contributed by atoms with Gasteiger partial charge in [-0.05, 0) is 37.6 Å². The van der Waals surface area contributed by atoms with Crippen LogP contribution < -0.4 is 5.73 Å². The van der Waals surface area contributed by atoms with Crippen molar-refractivity contribution in [3.63, 3.8) is 0 Å². The number of likely N-dealkylation sites (tertiary alicyclic amines) is 1. The maximum Gasteiger partial charge on any atom is 0.409 e. The Morgan fingerprint density at radius 2 is 2.29 bits per heavy atom. The van der Waals surface area contributed by atoms with Crippen molar-refractivity contribution in [1.82, 2.24) is 4.90 Å². The highest BCUT2D eigenvalue weighted by Gasteiger charge is 2.44. The molecule has 80 valence electrons. The zero-order chi connectivity index (χ0) is 10.1. The lowest BCUT2D eigenvalue weighted by Crippen LogP contribution is -2.56. The molecule has 4 nitrogen and oxygen atoms in total. The van der Waals surface area contributed by atoms with Gasteiger partial charge in [0.05, 0.1) is 7.11 Å². The molecule has 0 radical (unpaired) electrons. The molecule has 2 N–H and O–H groups in total. The Morgan fingerprint density at radius 3 is 2.64 bits per heavy atom. The van der Waals surface area contributed by atoms with Crippen LogP contribution in [0.5, 0.6) is 0 Å². The van der Waals surface area contributed by atoms with Crippen molar-refractivity contribution in [3.05, 3.63) is 0 Å². The van der Waals surface area contributed by atoms with Crippen molar-refractivity contribution in [3.8, 4) is 0 Å². The van der Waals surface area contributed by atoms with Crippen LogP contribution in [0.15, 0.2) is 0 Å². The molecule has 2 rings (SSSR count). The molecule has 0 aromatic rings. The van der Waals surface area contributed by atoms with Gasteiger partial charge in [-0.2, -0.15) is 0 Å². The maximum absolute atomic E-state index is 11.3. The number of ether oxygens (including phenoxy) is 1. The molecular formula is C10H18N2O2. The Morgan fingerprint density at radius 1 is 1.57 bits per heavy atom. The molecule has 1 heterocycles. The van der Waals surface area contributed by atoms with E-state index in [1.165, 1.54) is 20.0 Å². The molecule has 2 fully saturated rings. The molecule has 4 heteroatoms. The summed E-state index contributed by atoms with van der Waals surface area (Å²) >= 11 is 0. The van der Waals surface area contributed by atoms with Crippen LogP contribution in [0.4, 0.5) is 4.79 Å². The van der Waals surface area contributed by atoms with Gasteiger partial charge in [0.2, 0.25) is 0 Å². The highest BCUT2D eigenvalue weighted by Crippen LogP contribution is 2.42. The van der Waals surface area contributed by atoms with Crippen molar-refractivity contribution < 1.29 is 9.53 Å². The van der Waals surface area contributed by atoms with Crippen LogP contribution in [0.25, 0.3) is 0 Å². The van der Waals surface area contributed by atoms with Gasteiger partial charge in [-0.25, -0.2) is 4.79 Å². The Balaban J connectivity index is 1.93. The molecule has 14 heavy (non-hydrogen) atoms. The SMILES string of the molecule is COC(=O)N1CCC1C(CN)C1CC1. The molecule has 1 aliphatic heterocycles. The van der Waals surface area contributed by atoms with Crippen LogP contribution in [0.3, 0.4) is 0 Å². The molecule has 0 spiro atoms. The van der Waals surface area contributed by atoms with Gasteiger partial charge in [0.15, 0.2) is 0 Å². The first kappa shape index (κ1) is 9.77. The summed E-state index contributed by atoms with van der Waals surface area (Å²) in [4.78, 5) is 13.1. The third-order valence-electron chi connectivity index (χ3n) is 3.47. The quantitative estimate of drug-likeness (QED) is 0.730. The Hall–Kier alpha value is -0.770. The predicted molar refractivity (Wildman–Crippen MR) is 52.8 cm³/mol. The number of nitrogens with zero attached hydrogens (tertiary/aromatic N) is 1. The van der Waals surface area contributed by atoms with E-state index >= 15 is 0 Å². The zero-order valence-corrected chi connectivity index (χ0v) is 8.61. The van der Waals surface area contributed by atoms with Gasteiger partial charge in [0.1, 0.15) is 0 Å². The summed E-state index contributed by atoms with van der Waals surface area (Å²) in [6.07, 6.45) is 3.47. The fourth-order valence-electron chi connectivity index (χ4n) is 2.38. The van der Waals surface area contributed by atoms with Crippen LogP contribution in [0.1, 0.15) is 19.3 Å². The van der Waals surface area contributed by atoms with E-state index in [-0.39, 0.29) is 6.09 Å². The second-order valence-electron chi connectivity index (χ2n) is 4.26. The van der Waals surface area contributed by atoms with E-state index in [2.05, 4.69) is 0 Å². The van der Waals surface area contributed by atoms with E-state index < -0.39 is 0 Å². The number of carbonyl (C=O) groups excluding carboxylic acids is 1. The molecule has 0 aromatic carbocycles. The number of hydrogen-bond donors (Lipinski definition) is 1. The second-order valence-corrected chi connectivity index (χ2v) is 4.26. The summed E-state index contributed by atoms with van der Waals surface area (Å²) in [5.74, 6) is 1.26. The van der Waals surface area contributed by atoms with Gasteiger partial charge in [0, 0.05) is 12.6 Å². The van der Waals surface area contributed by atoms with Crippen molar-refractivity contribution in [1.29, 1.82) is 0 Å². The van der Waals surface area contributed by atoms with Gasteiger partial charge in [-0.15, -0.1) is 0 Å². The number of carbonyl (C=O) groups is 1. The lowest BCUT2D eigenvalue weighted by atomic mass is 9.86. The third-order valence-corrected chi connectivity index (χ3v) is 3.47. The van der Waals surface area contributed by atoms with E-state index in [0.717, 1.165) is 18.9 Å². The molecule has 2 aliphatic rings. The monoisotopic (exact) mass is 198 g/mol. The molecule has 2 unspecified atom stereocenters. The predicted octanol–water partition coefficient (Wildman–Crippen LogP) is 0.812. The molecule has 1 amide bonds. The average molecular weight is 198 g/mol. The standard InChI is InChI=1S/C10H18N2O2/c1-14-10(13)12-5-4-9(12)8(6-11)7-2-3-7/h7-9H,2-6,11H2,1H3. The minimum absolute atomic E-state index is 0.194. The molecule has 1 aliphatic carbocycles. The van der Waals surface area contributed by atoms with Crippen LogP contribution in [-0.4, -0.2) is 37.2 Å². The minimum atomic E-state index is -0.194. The normalized spacial score (nSPS) is 28.1. The van der Waals surface area contributed by atoms with E-state index in [4.69, 9.17) is 10.5 Å². The third kappa shape index (κ3) is 1.59. The molecule has 0 bridgehead atoms. The summed E-state index contributed by atoms with van der Waals surface area (Å²) in [6, 6.07) is 0.347. The average Bonchev–Trinajstić information content (AvgIpc) is 2.94. The number of nitrogens with two attached hydrogens (primary N) is 1. The topological polar surface area (TPSA) is 55.6 Å². The van der Waals surface area contributed by atoms with Crippen LogP contribution in [0, 0.1) is 11.8 Å². The lowest BCUT2D eigenvalue weighted by molar-refractivity contribution is 0.0316. The highest BCUT2D eigenvalue weighted by atomic mass is 16.5. The molecule has 1 saturated carbocycles. The van der Waals surface area contributed by atoms with E-state index in [1.807, 2.05) is 4.90 Å². The Labute approximate surface area is 84.4 Å². The Kier molecular flexibility index (Phi) is 2.63. The second kappa shape index (κ2) is 3.77. The number of methoxy groups -OCH3 is 1. The summed E-state index contributed by atoms with van der Waals surface area (Å²) in [5, 5.41) is 0. The summed E-state index contributed by atoms with van der Waals surface area (Å²) < 4.78 is 4.73. The van der Waals surface area contributed by atoms with Gasteiger partial charge in [-0.1, -0.05) is 0 Å². The zero-order valence-electron chi connectivity index (χ0n) is 8.61. The number of rotatable bonds is 3. The summed E-state index contributed by atoms with van der Waals surface area (Å²) in [5.41, 5.74) is 5.75. The summed E-state index contributed by atoms with van der Waals surface area (Å²) in [6.45, 7) is 1.53. The van der Waals surface area contributed by atoms with E-state index in [0.29, 0.717) is 18.5 Å². The van der Waals surface area contributed by atoms with Gasteiger partial charge >= 0.3 is 6.09 Å². The van der Waals surface area contributed by atoms with Gasteiger partial charge in [0.25, 0.3) is 0 Å². The van der Waals surface area contributed by atoms with Crippen LogP contribution in [0.2, 0.25) is 0 Å². The van der Waals surface area contributed by atoms with Crippen molar-refractivity contribution in [2.75, 3.05) is 20.2 Å². The Bertz CT molecular complexity index is 228. The maximum atomic E-state index is 11.3. The van der Waals surface area contributed by atoms with Crippen molar-refractivity contribution in [2.24, 2.45) is 17.6 Å². The molecule has 1 saturated heterocycles. The lowest BCUT2D eigenvalue weighted by Gasteiger charge is -2.44. The fourth-order valence-corrected chi connectivity index (χ4v) is 2.38. The fraction of sp³-hybridized carbons (Fsp3) is 0.900. The van der Waals surface area contributed by atoms with Crippen molar-refractivity contribution >= 4 is 6.09 Å². The number of hydrogen-bond acceptors (Lipinski definition) is 3. The molecule has 0 aromatic heterocycles. The van der Waals surface area contributed by atoms with Crippen molar-refractivity contribution in [2.45, 2.75) is 25.3 Å². The minimum Gasteiger partial charge on any atom is -0.453 e. The van der Waals surface area contributed by atoms with Gasteiger partial charge in [-0.3, -0.25) is 0 Å². The largest absolute Gasteiger partial charge is 0.453 e.